The van der Waals surface area contributed by atoms with Crippen molar-refractivity contribution in [2.24, 2.45) is 0 Å². The van der Waals surface area contributed by atoms with E-state index in [1.807, 2.05) is 29.9 Å². The molecule has 0 N–H and O–H groups in total. The van der Waals surface area contributed by atoms with Crippen LogP contribution >= 0.6 is 11.8 Å². The molecule has 0 saturated carbocycles. The summed E-state index contributed by atoms with van der Waals surface area (Å²) in [5.41, 5.74) is 1.98. The van der Waals surface area contributed by atoms with Gasteiger partial charge >= 0.3 is 0 Å². The van der Waals surface area contributed by atoms with Crippen molar-refractivity contribution in [1.82, 2.24) is 33.9 Å². The lowest BCUT2D eigenvalue weighted by Gasteiger charge is -2.10. The number of allylic oxidation sites excluding steroid dienone is 1. The molecule has 0 saturated heterocycles. The summed E-state index contributed by atoms with van der Waals surface area (Å²) in [6.07, 6.45) is 5.15. The Morgan fingerprint density at radius 3 is 2.74 bits per heavy atom. The van der Waals surface area contributed by atoms with Crippen LogP contribution in [-0.4, -0.2) is 40.1 Å². The van der Waals surface area contributed by atoms with Crippen LogP contribution in [-0.2, 0) is 13.1 Å². The summed E-state index contributed by atoms with van der Waals surface area (Å²) in [4.78, 5) is 31.0. The van der Waals surface area contributed by atoms with Gasteiger partial charge in [0.2, 0.25) is 0 Å². The molecule has 8 nitrogen and oxygen atoms in total. The first-order valence-corrected chi connectivity index (χ1v) is 9.79. The van der Waals surface area contributed by atoms with Gasteiger partial charge in [0.25, 0.3) is 5.56 Å². The summed E-state index contributed by atoms with van der Waals surface area (Å²) in [5.74, 6) is 1.52. The molecule has 0 fully saturated rings. The minimum atomic E-state index is -0.167. The van der Waals surface area contributed by atoms with Gasteiger partial charge in [0.1, 0.15) is 16.7 Å². The van der Waals surface area contributed by atoms with E-state index in [2.05, 4.69) is 28.5 Å². The molecule has 0 aromatic carbocycles. The van der Waals surface area contributed by atoms with Gasteiger partial charge in [-0.15, -0.1) is 6.58 Å². The summed E-state index contributed by atoms with van der Waals surface area (Å²) in [6, 6.07) is 3.77. The predicted octanol–water partition coefficient (Wildman–Crippen LogP) is 2.56. The molecule has 0 amide bonds. The quantitative estimate of drug-likeness (QED) is 0.300. The Bertz CT molecular complexity index is 1230. The standard InChI is InChI=1S/C18H19N7OS/c1-5-9-24-17(26)12-10-19-18(27-4)22-15(12)25(24)14-8-7-13-16(21-14)23(6-2)11(3)20-13/h5,7-8,10H,1,6,9H2,2-4H3. The van der Waals surface area contributed by atoms with Gasteiger partial charge in [-0.25, -0.2) is 29.3 Å². The van der Waals surface area contributed by atoms with Crippen molar-refractivity contribution in [3.8, 4) is 5.82 Å². The molecule has 27 heavy (non-hydrogen) atoms. The van der Waals surface area contributed by atoms with Gasteiger partial charge < -0.3 is 4.57 Å². The van der Waals surface area contributed by atoms with E-state index in [-0.39, 0.29) is 5.56 Å². The smallest absolute Gasteiger partial charge is 0.278 e. The topological polar surface area (TPSA) is 83.4 Å². The number of thioether (sulfide) groups is 1. The number of aryl methyl sites for hydroxylation is 2. The maximum Gasteiger partial charge on any atom is 0.278 e. The van der Waals surface area contributed by atoms with Gasteiger partial charge in [0, 0.05) is 12.7 Å². The molecular weight excluding hydrogens is 362 g/mol. The highest BCUT2D eigenvalue weighted by molar-refractivity contribution is 7.98. The maximum atomic E-state index is 12.9. The fraction of sp³-hybridized carbons (Fsp3) is 0.278. The van der Waals surface area contributed by atoms with E-state index in [1.54, 1.807) is 21.6 Å². The summed E-state index contributed by atoms with van der Waals surface area (Å²) < 4.78 is 5.36. The van der Waals surface area contributed by atoms with Crippen molar-refractivity contribution in [2.45, 2.75) is 32.1 Å². The summed E-state index contributed by atoms with van der Waals surface area (Å²) in [7, 11) is 0. The number of hydrogen-bond donors (Lipinski definition) is 0. The SMILES string of the molecule is C=CCn1c(=O)c2cnc(SC)nc2n1-c1ccc2nc(C)n(CC)c2n1. The van der Waals surface area contributed by atoms with E-state index in [9.17, 15) is 4.79 Å². The van der Waals surface area contributed by atoms with E-state index in [1.165, 1.54) is 11.8 Å². The van der Waals surface area contributed by atoms with Gasteiger partial charge in [0.15, 0.2) is 22.3 Å². The number of pyridine rings is 1. The monoisotopic (exact) mass is 381 g/mol. The number of rotatable bonds is 5. The van der Waals surface area contributed by atoms with Crippen LogP contribution in [0.25, 0.3) is 28.0 Å². The van der Waals surface area contributed by atoms with Crippen LogP contribution in [0.3, 0.4) is 0 Å². The third-order valence-electron chi connectivity index (χ3n) is 4.44. The van der Waals surface area contributed by atoms with Crippen molar-refractivity contribution in [2.75, 3.05) is 6.26 Å². The van der Waals surface area contributed by atoms with Crippen LogP contribution in [0.4, 0.5) is 0 Å². The van der Waals surface area contributed by atoms with Crippen molar-refractivity contribution < 1.29 is 0 Å². The van der Waals surface area contributed by atoms with E-state index < -0.39 is 0 Å². The number of hydrogen-bond acceptors (Lipinski definition) is 6. The molecule has 0 aliphatic carbocycles. The number of nitrogens with zero attached hydrogens (tertiary/aromatic N) is 7. The molecule has 4 aromatic heterocycles. The Morgan fingerprint density at radius 1 is 1.22 bits per heavy atom. The van der Waals surface area contributed by atoms with E-state index >= 15 is 0 Å². The molecule has 0 bridgehead atoms. The second kappa shape index (κ2) is 6.66. The average molecular weight is 381 g/mol. The minimum Gasteiger partial charge on any atom is -0.313 e. The van der Waals surface area contributed by atoms with Gasteiger partial charge in [-0.1, -0.05) is 17.8 Å². The van der Waals surface area contributed by atoms with Crippen LogP contribution in [0.5, 0.6) is 0 Å². The van der Waals surface area contributed by atoms with E-state index in [0.29, 0.717) is 28.6 Å². The zero-order chi connectivity index (χ0) is 19.1. The van der Waals surface area contributed by atoms with Crippen molar-refractivity contribution in [3.63, 3.8) is 0 Å². The Morgan fingerprint density at radius 2 is 2.04 bits per heavy atom. The second-order valence-corrected chi connectivity index (χ2v) is 6.77. The van der Waals surface area contributed by atoms with Crippen LogP contribution in [0.2, 0.25) is 0 Å². The lowest BCUT2D eigenvalue weighted by Crippen LogP contribution is -2.22. The minimum absolute atomic E-state index is 0.167. The van der Waals surface area contributed by atoms with E-state index in [4.69, 9.17) is 4.98 Å². The number of aromatic nitrogens is 7. The molecule has 0 unspecified atom stereocenters. The van der Waals surface area contributed by atoms with Gasteiger partial charge in [-0.05, 0) is 32.2 Å². The Labute approximate surface area is 159 Å². The zero-order valence-corrected chi connectivity index (χ0v) is 16.2. The summed E-state index contributed by atoms with van der Waals surface area (Å²) in [5, 5.41) is 1.05. The Balaban J connectivity index is 2.07. The van der Waals surface area contributed by atoms with Crippen LogP contribution in [0.15, 0.2) is 40.9 Å². The first kappa shape index (κ1) is 17.5. The number of imidazole rings is 1. The summed E-state index contributed by atoms with van der Waals surface area (Å²) in [6.45, 7) is 8.89. The first-order valence-electron chi connectivity index (χ1n) is 8.56. The van der Waals surface area contributed by atoms with Crippen molar-refractivity contribution in [1.29, 1.82) is 0 Å². The van der Waals surface area contributed by atoms with Crippen molar-refractivity contribution in [3.05, 3.63) is 47.2 Å². The van der Waals surface area contributed by atoms with Gasteiger partial charge in [-0.2, -0.15) is 0 Å². The van der Waals surface area contributed by atoms with Gasteiger partial charge in [0.05, 0.1) is 6.54 Å². The van der Waals surface area contributed by atoms with Crippen LogP contribution in [0, 0.1) is 6.92 Å². The molecule has 138 valence electrons. The molecule has 0 aliphatic rings. The highest BCUT2D eigenvalue weighted by Crippen LogP contribution is 2.20. The molecule has 4 heterocycles. The van der Waals surface area contributed by atoms with E-state index in [0.717, 1.165) is 23.5 Å². The maximum absolute atomic E-state index is 12.9. The van der Waals surface area contributed by atoms with Crippen LogP contribution < -0.4 is 5.56 Å². The fourth-order valence-corrected chi connectivity index (χ4v) is 3.57. The average Bonchev–Trinajstić information content (AvgIpc) is 3.14. The van der Waals surface area contributed by atoms with Crippen molar-refractivity contribution >= 4 is 34.0 Å². The second-order valence-electron chi connectivity index (χ2n) is 6.00. The molecule has 0 atom stereocenters. The fourth-order valence-electron chi connectivity index (χ4n) is 3.23. The highest BCUT2D eigenvalue weighted by Gasteiger charge is 2.18. The third-order valence-corrected chi connectivity index (χ3v) is 5.00. The predicted molar refractivity (Wildman–Crippen MR) is 107 cm³/mol. The highest BCUT2D eigenvalue weighted by atomic mass is 32.2. The molecular formula is C18H19N7OS. The molecule has 9 heteroatoms. The number of fused-ring (bicyclic) bond motifs is 2. The molecule has 4 aromatic rings. The van der Waals surface area contributed by atoms with Crippen LogP contribution in [0.1, 0.15) is 12.7 Å². The molecule has 0 spiro atoms. The largest absolute Gasteiger partial charge is 0.313 e. The normalized spacial score (nSPS) is 11.5. The first-order chi connectivity index (χ1) is 13.1. The lowest BCUT2D eigenvalue weighted by atomic mass is 10.4. The summed E-state index contributed by atoms with van der Waals surface area (Å²) >= 11 is 1.43. The van der Waals surface area contributed by atoms with Gasteiger partial charge in [-0.3, -0.25) is 4.79 Å². The molecule has 0 aliphatic heterocycles. The Hall–Kier alpha value is -2.94. The molecule has 0 radical (unpaired) electrons. The third kappa shape index (κ3) is 2.66. The zero-order valence-electron chi connectivity index (χ0n) is 15.4. The Kier molecular flexibility index (Phi) is 4.31. The molecule has 4 rings (SSSR count). The lowest BCUT2D eigenvalue weighted by molar-refractivity contribution is 0.596.